The highest BCUT2D eigenvalue weighted by Gasteiger charge is 2.21. The molecule has 0 unspecified atom stereocenters. The monoisotopic (exact) mass is 451 g/mol. The van der Waals surface area contributed by atoms with Gasteiger partial charge in [-0.25, -0.2) is 21.1 Å². The third-order valence-electron chi connectivity index (χ3n) is 5.26. The van der Waals surface area contributed by atoms with Gasteiger partial charge in [0.25, 0.3) is 10.0 Å². The maximum absolute atomic E-state index is 13.0. The molecular formula is C21H29N3O4S2. The molecule has 9 heteroatoms. The van der Waals surface area contributed by atoms with E-state index in [0.29, 0.717) is 5.69 Å². The van der Waals surface area contributed by atoms with E-state index in [9.17, 15) is 16.8 Å². The molecule has 1 aliphatic heterocycles. The first-order valence-electron chi connectivity index (χ1n) is 10.1. The van der Waals surface area contributed by atoms with E-state index in [1.165, 1.54) is 57.6 Å². The number of nitrogens with zero attached hydrogens (tertiary/aromatic N) is 2. The van der Waals surface area contributed by atoms with Gasteiger partial charge in [-0.3, -0.25) is 4.72 Å². The van der Waals surface area contributed by atoms with Crippen LogP contribution in [0.5, 0.6) is 0 Å². The van der Waals surface area contributed by atoms with E-state index >= 15 is 0 Å². The Balaban J connectivity index is 1.85. The first kappa shape index (κ1) is 22.6. The Bertz CT molecular complexity index is 1060. The highest BCUT2D eigenvalue weighted by molar-refractivity contribution is 7.92. The molecule has 164 valence electrons. The summed E-state index contributed by atoms with van der Waals surface area (Å²) in [5.41, 5.74) is 1.40. The Kier molecular flexibility index (Phi) is 7.05. The highest BCUT2D eigenvalue weighted by atomic mass is 32.2. The van der Waals surface area contributed by atoms with Crippen molar-refractivity contribution in [2.45, 2.75) is 41.9 Å². The molecule has 1 heterocycles. The number of para-hydroxylation sites is 2. The largest absolute Gasteiger partial charge is 0.370 e. The molecule has 7 nitrogen and oxygen atoms in total. The predicted octanol–water partition coefficient (Wildman–Crippen LogP) is 3.51. The van der Waals surface area contributed by atoms with E-state index in [0.717, 1.165) is 35.9 Å². The van der Waals surface area contributed by atoms with Crippen LogP contribution in [0.15, 0.2) is 58.3 Å². The van der Waals surface area contributed by atoms with Crippen molar-refractivity contribution in [1.82, 2.24) is 4.31 Å². The summed E-state index contributed by atoms with van der Waals surface area (Å²) in [7, 11) is -4.61. The lowest BCUT2D eigenvalue weighted by Crippen LogP contribution is -2.28. The van der Waals surface area contributed by atoms with Crippen molar-refractivity contribution >= 4 is 31.4 Å². The molecular weight excluding hydrogens is 422 g/mol. The van der Waals surface area contributed by atoms with E-state index in [-0.39, 0.29) is 9.79 Å². The molecule has 30 heavy (non-hydrogen) atoms. The maximum Gasteiger partial charge on any atom is 0.261 e. The van der Waals surface area contributed by atoms with Gasteiger partial charge in [-0.1, -0.05) is 31.4 Å². The average Bonchev–Trinajstić information content (AvgIpc) is 2.68. The molecule has 0 radical (unpaired) electrons. The molecule has 0 amide bonds. The summed E-state index contributed by atoms with van der Waals surface area (Å²) in [6, 6.07) is 12.7. The zero-order chi connectivity index (χ0) is 21.8. The van der Waals surface area contributed by atoms with Crippen LogP contribution in [0.3, 0.4) is 0 Å². The molecule has 1 aliphatic rings. The lowest BCUT2D eigenvalue weighted by atomic mass is 10.1. The number of rotatable bonds is 6. The second-order valence-electron chi connectivity index (χ2n) is 7.64. The van der Waals surface area contributed by atoms with E-state index in [2.05, 4.69) is 9.62 Å². The van der Waals surface area contributed by atoms with Crippen LogP contribution in [0.2, 0.25) is 0 Å². The zero-order valence-corrected chi connectivity index (χ0v) is 19.0. The van der Waals surface area contributed by atoms with Crippen molar-refractivity contribution < 1.29 is 16.8 Å². The Morgan fingerprint density at radius 3 is 1.90 bits per heavy atom. The topological polar surface area (TPSA) is 86.8 Å². The van der Waals surface area contributed by atoms with Crippen LogP contribution in [0.25, 0.3) is 0 Å². The zero-order valence-electron chi connectivity index (χ0n) is 17.4. The standard InChI is InChI=1S/C21H29N3O4S2/c1-23(2)30(27,28)19-14-12-18(13-15-19)29(25,26)22-20-10-6-7-11-21(20)24-16-8-4-3-5-9-17-24/h6-7,10-15,22H,3-5,8-9,16-17H2,1-2H3. The van der Waals surface area contributed by atoms with Crippen molar-refractivity contribution in [2.24, 2.45) is 0 Å². The molecule has 0 aromatic heterocycles. The number of sulfonamides is 2. The van der Waals surface area contributed by atoms with Gasteiger partial charge >= 0.3 is 0 Å². The fourth-order valence-corrected chi connectivity index (χ4v) is 5.51. The van der Waals surface area contributed by atoms with Crippen molar-refractivity contribution in [3.63, 3.8) is 0 Å². The molecule has 0 saturated carbocycles. The lowest BCUT2D eigenvalue weighted by molar-refractivity contribution is 0.520. The van der Waals surface area contributed by atoms with E-state index in [4.69, 9.17) is 0 Å². The van der Waals surface area contributed by atoms with E-state index in [1.54, 1.807) is 12.1 Å². The summed E-state index contributed by atoms with van der Waals surface area (Å²) in [6.45, 7) is 1.80. The molecule has 2 aromatic carbocycles. The van der Waals surface area contributed by atoms with Crippen LogP contribution in [-0.2, 0) is 20.0 Å². The van der Waals surface area contributed by atoms with E-state index in [1.807, 2.05) is 12.1 Å². The first-order valence-corrected chi connectivity index (χ1v) is 13.0. The molecule has 2 aromatic rings. The van der Waals surface area contributed by atoms with Crippen LogP contribution in [0.1, 0.15) is 32.1 Å². The van der Waals surface area contributed by atoms with Gasteiger partial charge in [0.05, 0.1) is 21.2 Å². The van der Waals surface area contributed by atoms with Gasteiger partial charge in [0.2, 0.25) is 10.0 Å². The minimum atomic E-state index is -3.86. The first-order chi connectivity index (χ1) is 14.2. The molecule has 0 bridgehead atoms. The smallest absolute Gasteiger partial charge is 0.261 e. The van der Waals surface area contributed by atoms with Crippen molar-refractivity contribution in [3.05, 3.63) is 48.5 Å². The second kappa shape index (κ2) is 9.36. The molecule has 1 N–H and O–H groups in total. The molecule has 3 rings (SSSR count). The lowest BCUT2D eigenvalue weighted by Gasteiger charge is -2.29. The number of nitrogens with one attached hydrogen (secondary N) is 1. The SMILES string of the molecule is CN(C)S(=O)(=O)c1ccc(S(=O)(=O)Nc2ccccc2N2CCCCCCC2)cc1. The summed E-state index contributed by atoms with van der Waals surface area (Å²) in [5.74, 6) is 0. The molecule has 1 saturated heterocycles. The molecule has 0 aliphatic carbocycles. The van der Waals surface area contributed by atoms with Gasteiger partial charge in [-0.15, -0.1) is 0 Å². The second-order valence-corrected chi connectivity index (χ2v) is 11.5. The number of benzene rings is 2. The summed E-state index contributed by atoms with van der Waals surface area (Å²) < 4.78 is 54.1. The van der Waals surface area contributed by atoms with Crippen LogP contribution in [0.4, 0.5) is 11.4 Å². The van der Waals surface area contributed by atoms with Crippen LogP contribution in [-0.4, -0.2) is 48.3 Å². The Labute approximate surface area is 179 Å². The summed E-state index contributed by atoms with van der Waals surface area (Å²) in [5, 5.41) is 0. The average molecular weight is 452 g/mol. The summed E-state index contributed by atoms with van der Waals surface area (Å²) >= 11 is 0. The van der Waals surface area contributed by atoms with Gasteiger partial charge in [-0.05, 0) is 49.2 Å². The van der Waals surface area contributed by atoms with Gasteiger partial charge in [0, 0.05) is 27.2 Å². The molecule has 0 atom stereocenters. The highest BCUT2D eigenvalue weighted by Crippen LogP contribution is 2.30. The third-order valence-corrected chi connectivity index (χ3v) is 8.47. The summed E-state index contributed by atoms with van der Waals surface area (Å²) in [6.07, 6.45) is 5.80. The quantitative estimate of drug-likeness (QED) is 0.726. The Morgan fingerprint density at radius 1 is 0.767 bits per heavy atom. The minimum Gasteiger partial charge on any atom is -0.370 e. The Morgan fingerprint density at radius 2 is 1.30 bits per heavy atom. The van der Waals surface area contributed by atoms with Gasteiger partial charge < -0.3 is 4.90 Å². The van der Waals surface area contributed by atoms with Gasteiger partial charge in [-0.2, -0.15) is 0 Å². The van der Waals surface area contributed by atoms with Crippen LogP contribution < -0.4 is 9.62 Å². The van der Waals surface area contributed by atoms with Crippen molar-refractivity contribution in [1.29, 1.82) is 0 Å². The van der Waals surface area contributed by atoms with Crippen LogP contribution in [0, 0.1) is 0 Å². The Hall–Kier alpha value is -2.10. The third kappa shape index (κ3) is 5.14. The summed E-state index contributed by atoms with van der Waals surface area (Å²) in [4.78, 5) is 2.30. The molecule has 0 spiro atoms. The van der Waals surface area contributed by atoms with Gasteiger partial charge in [0.15, 0.2) is 0 Å². The van der Waals surface area contributed by atoms with Crippen molar-refractivity contribution in [2.75, 3.05) is 36.8 Å². The fourth-order valence-electron chi connectivity index (χ4n) is 3.53. The normalized spacial score (nSPS) is 16.2. The number of hydrogen-bond acceptors (Lipinski definition) is 5. The predicted molar refractivity (Wildman–Crippen MR) is 120 cm³/mol. The maximum atomic E-state index is 13.0. The van der Waals surface area contributed by atoms with E-state index < -0.39 is 20.0 Å². The number of anilines is 2. The fraction of sp³-hybridized carbons (Fsp3) is 0.429. The minimum absolute atomic E-state index is 0.0164. The van der Waals surface area contributed by atoms with Gasteiger partial charge in [0.1, 0.15) is 0 Å². The number of hydrogen-bond donors (Lipinski definition) is 1. The van der Waals surface area contributed by atoms with Crippen molar-refractivity contribution in [3.8, 4) is 0 Å². The van der Waals surface area contributed by atoms with Crippen LogP contribution >= 0.6 is 0 Å². The molecule has 1 fully saturated rings.